The van der Waals surface area contributed by atoms with Gasteiger partial charge in [0, 0.05) is 16.6 Å². The molecule has 1 aromatic rings. The molecule has 16 heavy (non-hydrogen) atoms. The van der Waals surface area contributed by atoms with Crippen LogP contribution in [0.1, 0.15) is 13.8 Å². The van der Waals surface area contributed by atoms with Crippen LogP contribution in [-0.4, -0.2) is 12.1 Å². The van der Waals surface area contributed by atoms with Gasteiger partial charge in [-0.05, 0) is 49.9 Å². The maximum absolute atomic E-state index is 11.4. The molecular formula is C11H13N3OS. The first-order chi connectivity index (χ1) is 7.61. The topological polar surface area (TPSA) is 64.9 Å². The molecular weight excluding hydrogens is 222 g/mol. The van der Waals surface area contributed by atoms with Gasteiger partial charge in [0.1, 0.15) is 5.40 Å². The van der Waals surface area contributed by atoms with Crippen LogP contribution >= 0.6 is 11.8 Å². The number of benzene rings is 1. The van der Waals surface area contributed by atoms with Gasteiger partial charge in [0.15, 0.2) is 0 Å². The summed E-state index contributed by atoms with van der Waals surface area (Å²) in [5.74, 6) is 0. The highest BCUT2D eigenvalue weighted by Gasteiger charge is 2.02. The summed E-state index contributed by atoms with van der Waals surface area (Å²) in [6, 6.07) is 6.99. The van der Waals surface area contributed by atoms with E-state index in [9.17, 15) is 4.79 Å². The maximum Gasteiger partial charge on any atom is 0.319 e. The molecule has 0 heterocycles. The lowest BCUT2D eigenvalue weighted by Crippen LogP contribution is -2.34. The lowest BCUT2D eigenvalue weighted by atomic mass is 10.3. The molecule has 0 fully saturated rings. The largest absolute Gasteiger partial charge is 0.336 e. The van der Waals surface area contributed by atoms with Crippen molar-refractivity contribution in [1.82, 2.24) is 5.32 Å². The highest BCUT2D eigenvalue weighted by molar-refractivity contribution is 8.03. The molecule has 0 saturated carbocycles. The Morgan fingerprint density at radius 1 is 1.38 bits per heavy atom. The number of nitrogens with one attached hydrogen (secondary N) is 2. The molecule has 84 valence electrons. The third kappa shape index (κ3) is 4.24. The molecule has 0 aliphatic rings. The van der Waals surface area contributed by atoms with Crippen molar-refractivity contribution in [3.05, 3.63) is 24.3 Å². The molecule has 2 N–H and O–H groups in total. The Kier molecular flexibility index (Phi) is 4.67. The number of thioether (sulfide) groups is 1. The summed E-state index contributed by atoms with van der Waals surface area (Å²) < 4.78 is 0. The summed E-state index contributed by atoms with van der Waals surface area (Å²) >= 11 is 1.09. The number of hydrogen-bond acceptors (Lipinski definition) is 3. The number of rotatable bonds is 3. The van der Waals surface area contributed by atoms with Crippen molar-refractivity contribution in [2.45, 2.75) is 24.8 Å². The third-order valence-electron chi connectivity index (χ3n) is 1.70. The second kappa shape index (κ2) is 6.03. The number of amides is 2. The van der Waals surface area contributed by atoms with E-state index in [0.29, 0.717) is 5.69 Å². The van der Waals surface area contributed by atoms with E-state index in [1.807, 2.05) is 19.2 Å². The molecule has 0 aliphatic carbocycles. The number of carbonyl (C=O) groups is 1. The minimum Gasteiger partial charge on any atom is -0.336 e. The fraction of sp³-hybridized carbons (Fsp3) is 0.273. The van der Waals surface area contributed by atoms with Crippen LogP contribution in [0.15, 0.2) is 29.2 Å². The highest BCUT2D eigenvalue weighted by Crippen LogP contribution is 2.18. The Balaban J connectivity index is 2.55. The molecule has 0 saturated heterocycles. The molecule has 0 unspecified atom stereocenters. The maximum atomic E-state index is 11.4. The second-order valence-corrected chi connectivity index (χ2v) is 4.33. The summed E-state index contributed by atoms with van der Waals surface area (Å²) in [5.41, 5.74) is 0.709. The monoisotopic (exact) mass is 235 g/mol. The van der Waals surface area contributed by atoms with Crippen molar-refractivity contribution >= 4 is 23.5 Å². The number of nitriles is 1. The first-order valence-electron chi connectivity index (χ1n) is 4.85. The highest BCUT2D eigenvalue weighted by atomic mass is 32.2. The van der Waals surface area contributed by atoms with Crippen molar-refractivity contribution in [3.8, 4) is 5.40 Å². The van der Waals surface area contributed by atoms with Gasteiger partial charge in [-0.1, -0.05) is 0 Å². The van der Waals surface area contributed by atoms with Gasteiger partial charge < -0.3 is 10.6 Å². The summed E-state index contributed by atoms with van der Waals surface area (Å²) in [4.78, 5) is 12.2. The molecule has 5 heteroatoms. The first kappa shape index (κ1) is 12.4. The fourth-order valence-electron chi connectivity index (χ4n) is 1.09. The quantitative estimate of drug-likeness (QED) is 0.625. The van der Waals surface area contributed by atoms with Crippen LogP contribution in [0.25, 0.3) is 0 Å². The molecule has 2 amide bonds. The number of thiocyanates is 1. The van der Waals surface area contributed by atoms with E-state index in [-0.39, 0.29) is 12.1 Å². The van der Waals surface area contributed by atoms with Crippen LogP contribution in [0.5, 0.6) is 0 Å². The number of carbonyl (C=O) groups excluding carboxylic acids is 1. The molecule has 0 bridgehead atoms. The van der Waals surface area contributed by atoms with E-state index in [4.69, 9.17) is 5.26 Å². The Labute approximate surface area is 99.0 Å². The Morgan fingerprint density at radius 2 is 2.00 bits per heavy atom. The van der Waals surface area contributed by atoms with E-state index in [2.05, 4.69) is 10.6 Å². The van der Waals surface area contributed by atoms with Gasteiger partial charge in [-0.2, -0.15) is 5.26 Å². The van der Waals surface area contributed by atoms with Crippen LogP contribution in [0.2, 0.25) is 0 Å². The zero-order valence-corrected chi connectivity index (χ0v) is 9.97. The average Bonchev–Trinajstić information content (AvgIpc) is 2.20. The summed E-state index contributed by atoms with van der Waals surface area (Å²) in [5, 5.41) is 15.9. The predicted octanol–water partition coefficient (Wildman–Crippen LogP) is 2.79. The molecule has 0 spiro atoms. The zero-order valence-electron chi connectivity index (χ0n) is 9.15. The SMILES string of the molecule is CC(C)NC(=O)Nc1ccc(SC#N)cc1. The van der Waals surface area contributed by atoms with E-state index < -0.39 is 0 Å². The van der Waals surface area contributed by atoms with Gasteiger partial charge in [0.25, 0.3) is 0 Å². The number of anilines is 1. The van der Waals surface area contributed by atoms with Crippen LogP contribution in [-0.2, 0) is 0 Å². The lowest BCUT2D eigenvalue weighted by Gasteiger charge is -2.09. The minimum absolute atomic E-state index is 0.105. The smallest absolute Gasteiger partial charge is 0.319 e. The summed E-state index contributed by atoms with van der Waals surface area (Å²) in [6.45, 7) is 3.79. The number of hydrogen-bond donors (Lipinski definition) is 2. The minimum atomic E-state index is -0.226. The second-order valence-electron chi connectivity index (χ2n) is 3.47. The van der Waals surface area contributed by atoms with Gasteiger partial charge in [0.2, 0.25) is 0 Å². The van der Waals surface area contributed by atoms with E-state index >= 15 is 0 Å². The van der Waals surface area contributed by atoms with Crippen molar-refractivity contribution in [2.24, 2.45) is 0 Å². The standard InChI is InChI=1S/C11H13N3OS/c1-8(2)13-11(15)14-9-3-5-10(6-4-9)16-7-12/h3-6,8H,1-2H3,(H2,13,14,15). The lowest BCUT2D eigenvalue weighted by molar-refractivity contribution is 0.250. The van der Waals surface area contributed by atoms with Crippen molar-refractivity contribution in [3.63, 3.8) is 0 Å². The van der Waals surface area contributed by atoms with Crippen molar-refractivity contribution in [2.75, 3.05) is 5.32 Å². The Hall–Kier alpha value is -1.67. The first-order valence-corrected chi connectivity index (χ1v) is 5.67. The van der Waals surface area contributed by atoms with Crippen molar-refractivity contribution < 1.29 is 4.79 Å². The molecule has 4 nitrogen and oxygen atoms in total. The van der Waals surface area contributed by atoms with Crippen LogP contribution in [0, 0.1) is 10.7 Å². The summed E-state index contributed by atoms with van der Waals surface area (Å²) in [7, 11) is 0. The normalized spacial score (nSPS) is 9.62. The van der Waals surface area contributed by atoms with Gasteiger partial charge in [-0.3, -0.25) is 0 Å². The average molecular weight is 235 g/mol. The fourth-order valence-corrected chi connectivity index (χ4v) is 1.47. The van der Waals surface area contributed by atoms with E-state index in [1.165, 1.54) is 0 Å². The number of urea groups is 1. The molecule has 0 atom stereocenters. The predicted molar refractivity (Wildman–Crippen MR) is 65.2 cm³/mol. The van der Waals surface area contributed by atoms with Gasteiger partial charge in [-0.15, -0.1) is 0 Å². The van der Waals surface area contributed by atoms with Crippen LogP contribution in [0.3, 0.4) is 0 Å². The molecule has 0 radical (unpaired) electrons. The third-order valence-corrected chi connectivity index (χ3v) is 2.29. The Bertz CT molecular complexity index is 395. The van der Waals surface area contributed by atoms with E-state index in [1.54, 1.807) is 24.3 Å². The van der Waals surface area contributed by atoms with Crippen LogP contribution < -0.4 is 10.6 Å². The number of nitrogens with zero attached hydrogens (tertiary/aromatic N) is 1. The van der Waals surface area contributed by atoms with Gasteiger partial charge in [-0.25, -0.2) is 4.79 Å². The van der Waals surface area contributed by atoms with Crippen LogP contribution in [0.4, 0.5) is 10.5 Å². The van der Waals surface area contributed by atoms with E-state index in [0.717, 1.165) is 16.7 Å². The van der Waals surface area contributed by atoms with Crippen molar-refractivity contribution in [1.29, 1.82) is 5.26 Å². The zero-order chi connectivity index (χ0) is 12.0. The molecule has 1 aromatic carbocycles. The molecule has 0 aromatic heterocycles. The van der Waals surface area contributed by atoms with Gasteiger partial charge in [0.05, 0.1) is 0 Å². The summed E-state index contributed by atoms with van der Waals surface area (Å²) in [6.07, 6.45) is 0. The Morgan fingerprint density at radius 3 is 2.50 bits per heavy atom. The van der Waals surface area contributed by atoms with Gasteiger partial charge >= 0.3 is 6.03 Å². The molecule has 1 rings (SSSR count). The molecule has 0 aliphatic heterocycles.